The zero-order chi connectivity index (χ0) is 11.3. The summed E-state index contributed by atoms with van der Waals surface area (Å²) in [4.78, 5) is 10.3. The lowest BCUT2D eigenvalue weighted by Crippen LogP contribution is -2.27. The molecule has 0 aliphatic heterocycles. The molecule has 1 atom stereocenters. The first-order valence-electron chi connectivity index (χ1n) is 5.01. The zero-order valence-corrected chi connectivity index (χ0v) is 9.10. The van der Waals surface area contributed by atoms with E-state index in [0.29, 0.717) is 6.42 Å². The Kier molecular flexibility index (Phi) is 4.30. The van der Waals surface area contributed by atoms with Gasteiger partial charge in [-0.15, -0.1) is 0 Å². The molecule has 0 radical (unpaired) electrons. The molecule has 5 heteroatoms. The molecule has 1 aromatic rings. The number of carboxylic acids is 1. The van der Waals surface area contributed by atoms with E-state index >= 15 is 0 Å². The number of hydrogen-bond donors (Lipinski definition) is 2. The van der Waals surface area contributed by atoms with Gasteiger partial charge >= 0.3 is 5.97 Å². The average Bonchev–Trinajstić information content (AvgIpc) is 2.58. The van der Waals surface area contributed by atoms with E-state index in [-0.39, 0.29) is 12.5 Å². The molecule has 1 rings (SSSR count). The number of nitrogens with zero attached hydrogens (tertiary/aromatic N) is 2. The van der Waals surface area contributed by atoms with E-state index in [1.54, 1.807) is 10.9 Å². The van der Waals surface area contributed by atoms with Gasteiger partial charge in [-0.1, -0.05) is 0 Å². The van der Waals surface area contributed by atoms with Crippen molar-refractivity contribution in [1.29, 1.82) is 0 Å². The molecule has 0 fully saturated rings. The molecule has 0 aliphatic carbocycles. The molecule has 84 valence electrons. The summed E-state index contributed by atoms with van der Waals surface area (Å²) in [6.45, 7) is 2.70. The minimum absolute atomic E-state index is 0.205. The van der Waals surface area contributed by atoms with Gasteiger partial charge in [0.25, 0.3) is 0 Å². The lowest BCUT2D eigenvalue weighted by molar-refractivity contribution is -0.137. The summed E-state index contributed by atoms with van der Waals surface area (Å²) in [5, 5.41) is 15.8. The second-order valence-corrected chi connectivity index (χ2v) is 3.66. The maximum atomic E-state index is 10.3. The summed E-state index contributed by atoms with van der Waals surface area (Å²) in [6.07, 6.45) is 2.60. The van der Waals surface area contributed by atoms with Gasteiger partial charge in [0, 0.05) is 32.3 Å². The highest BCUT2D eigenvalue weighted by Gasteiger charge is 2.05. The highest BCUT2D eigenvalue weighted by molar-refractivity contribution is 5.66. The predicted molar refractivity (Wildman–Crippen MR) is 56.4 cm³/mol. The summed E-state index contributed by atoms with van der Waals surface area (Å²) in [5.41, 5.74) is 1.09. The van der Waals surface area contributed by atoms with Gasteiger partial charge in [0.2, 0.25) is 0 Å². The Morgan fingerprint density at radius 2 is 2.47 bits per heavy atom. The number of carbonyl (C=O) groups is 1. The van der Waals surface area contributed by atoms with Crippen molar-refractivity contribution in [3.8, 4) is 0 Å². The lowest BCUT2D eigenvalue weighted by Gasteiger charge is -2.12. The van der Waals surface area contributed by atoms with Crippen LogP contribution in [0.15, 0.2) is 12.3 Å². The number of hydrogen-bond acceptors (Lipinski definition) is 3. The monoisotopic (exact) mass is 211 g/mol. The molecule has 2 N–H and O–H groups in total. The summed E-state index contributed by atoms with van der Waals surface area (Å²) >= 11 is 0. The van der Waals surface area contributed by atoms with Gasteiger partial charge in [0.05, 0.1) is 5.69 Å². The van der Waals surface area contributed by atoms with Gasteiger partial charge in [-0.25, -0.2) is 0 Å². The van der Waals surface area contributed by atoms with Crippen LogP contribution in [0.4, 0.5) is 0 Å². The average molecular weight is 211 g/mol. The molecule has 1 heterocycles. The molecule has 0 saturated carbocycles. The molecular weight excluding hydrogens is 194 g/mol. The molecule has 0 aliphatic rings. The van der Waals surface area contributed by atoms with Crippen molar-refractivity contribution >= 4 is 5.97 Å². The lowest BCUT2D eigenvalue weighted by atomic mass is 10.2. The van der Waals surface area contributed by atoms with Crippen LogP contribution >= 0.6 is 0 Å². The third kappa shape index (κ3) is 4.12. The maximum absolute atomic E-state index is 10.3. The van der Waals surface area contributed by atoms with Crippen LogP contribution in [0.5, 0.6) is 0 Å². The molecule has 1 unspecified atom stereocenters. The van der Waals surface area contributed by atoms with Crippen molar-refractivity contribution in [3.63, 3.8) is 0 Å². The third-order valence-corrected chi connectivity index (χ3v) is 2.35. The minimum Gasteiger partial charge on any atom is -0.481 e. The van der Waals surface area contributed by atoms with Crippen LogP contribution in [0.1, 0.15) is 25.5 Å². The first kappa shape index (κ1) is 11.7. The van der Waals surface area contributed by atoms with Crippen molar-refractivity contribution in [2.24, 2.45) is 7.05 Å². The van der Waals surface area contributed by atoms with Gasteiger partial charge in [0.15, 0.2) is 0 Å². The van der Waals surface area contributed by atoms with Gasteiger partial charge < -0.3 is 10.4 Å². The van der Waals surface area contributed by atoms with Gasteiger partial charge in [-0.3, -0.25) is 9.48 Å². The molecule has 0 saturated heterocycles. The number of aromatic nitrogens is 2. The van der Waals surface area contributed by atoms with Crippen molar-refractivity contribution in [2.75, 3.05) is 0 Å². The minimum atomic E-state index is -0.746. The number of nitrogens with one attached hydrogen (secondary N) is 1. The molecule has 5 nitrogen and oxygen atoms in total. The molecular formula is C10H17N3O2. The predicted octanol–water partition coefficient (Wildman–Crippen LogP) is 0.763. The summed E-state index contributed by atoms with van der Waals surface area (Å²) in [7, 11) is 1.89. The topological polar surface area (TPSA) is 67.2 Å². The quantitative estimate of drug-likeness (QED) is 0.729. The van der Waals surface area contributed by atoms with Crippen LogP contribution < -0.4 is 5.32 Å². The smallest absolute Gasteiger partial charge is 0.303 e. The van der Waals surface area contributed by atoms with Crippen molar-refractivity contribution < 1.29 is 9.90 Å². The van der Waals surface area contributed by atoms with Crippen molar-refractivity contribution in [2.45, 2.75) is 32.4 Å². The Morgan fingerprint density at radius 1 is 1.73 bits per heavy atom. The van der Waals surface area contributed by atoms with Gasteiger partial charge in [-0.05, 0) is 19.4 Å². The fraction of sp³-hybridized carbons (Fsp3) is 0.600. The molecule has 15 heavy (non-hydrogen) atoms. The summed E-state index contributed by atoms with van der Waals surface area (Å²) in [5.74, 6) is -0.746. The van der Waals surface area contributed by atoms with E-state index in [9.17, 15) is 4.79 Å². The molecule has 0 bridgehead atoms. The number of aryl methyl sites for hydroxylation is 1. The molecule has 0 spiro atoms. The largest absolute Gasteiger partial charge is 0.481 e. The second kappa shape index (κ2) is 5.50. The summed E-state index contributed by atoms with van der Waals surface area (Å²) in [6, 6.07) is 2.15. The first-order valence-corrected chi connectivity index (χ1v) is 5.01. The summed E-state index contributed by atoms with van der Waals surface area (Å²) < 4.78 is 1.80. The van der Waals surface area contributed by atoms with E-state index in [1.807, 2.05) is 20.0 Å². The maximum Gasteiger partial charge on any atom is 0.303 e. The Balaban J connectivity index is 2.25. The van der Waals surface area contributed by atoms with Crippen LogP contribution in [0.3, 0.4) is 0 Å². The van der Waals surface area contributed by atoms with Gasteiger partial charge in [0.1, 0.15) is 0 Å². The second-order valence-electron chi connectivity index (χ2n) is 3.66. The van der Waals surface area contributed by atoms with E-state index in [2.05, 4.69) is 10.4 Å². The molecule has 1 aromatic heterocycles. The fourth-order valence-electron chi connectivity index (χ4n) is 1.30. The third-order valence-electron chi connectivity index (χ3n) is 2.35. The number of aliphatic carboxylic acids is 1. The van der Waals surface area contributed by atoms with E-state index in [0.717, 1.165) is 12.2 Å². The first-order chi connectivity index (χ1) is 7.09. The Morgan fingerprint density at radius 3 is 3.00 bits per heavy atom. The number of rotatable bonds is 6. The van der Waals surface area contributed by atoms with Crippen LogP contribution in [0.25, 0.3) is 0 Å². The fourth-order valence-corrected chi connectivity index (χ4v) is 1.30. The molecule has 0 amide bonds. The van der Waals surface area contributed by atoms with E-state index < -0.39 is 5.97 Å². The van der Waals surface area contributed by atoms with E-state index in [4.69, 9.17) is 5.11 Å². The van der Waals surface area contributed by atoms with Crippen LogP contribution in [0, 0.1) is 0 Å². The van der Waals surface area contributed by atoms with Crippen molar-refractivity contribution in [1.82, 2.24) is 15.1 Å². The molecule has 0 aromatic carbocycles. The SMILES string of the molecule is CC(CCC(=O)O)NCc1ccnn1C. The Bertz CT molecular complexity index is 322. The van der Waals surface area contributed by atoms with Crippen molar-refractivity contribution in [3.05, 3.63) is 18.0 Å². The number of carboxylic acid groups (broad SMARTS) is 1. The zero-order valence-electron chi connectivity index (χ0n) is 9.10. The Labute approximate surface area is 89.1 Å². The van der Waals surface area contributed by atoms with Crippen LogP contribution in [0.2, 0.25) is 0 Å². The van der Waals surface area contributed by atoms with Gasteiger partial charge in [-0.2, -0.15) is 5.10 Å². The Hall–Kier alpha value is -1.36. The van der Waals surface area contributed by atoms with Crippen LogP contribution in [-0.2, 0) is 18.4 Å². The van der Waals surface area contributed by atoms with Crippen LogP contribution in [-0.4, -0.2) is 26.9 Å². The van der Waals surface area contributed by atoms with E-state index in [1.165, 1.54) is 0 Å². The standard InChI is InChI=1S/C10H17N3O2/c1-8(3-4-10(14)15)11-7-9-5-6-12-13(9)2/h5-6,8,11H,3-4,7H2,1-2H3,(H,14,15). The highest BCUT2D eigenvalue weighted by Crippen LogP contribution is 2.00. The highest BCUT2D eigenvalue weighted by atomic mass is 16.4. The normalized spacial score (nSPS) is 12.7.